The maximum Gasteiger partial charge on any atom is 0.240 e. The molecule has 8 heteroatoms. The van der Waals surface area contributed by atoms with Gasteiger partial charge in [0.15, 0.2) is 11.5 Å². The zero-order chi connectivity index (χ0) is 21.1. The Bertz CT molecular complexity index is 1340. The fourth-order valence-electron chi connectivity index (χ4n) is 4.89. The van der Waals surface area contributed by atoms with Gasteiger partial charge in [0, 0.05) is 37.3 Å². The van der Waals surface area contributed by atoms with Gasteiger partial charge in [-0.3, -0.25) is 4.79 Å². The van der Waals surface area contributed by atoms with Crippen LogP contribution >= 0.6 is 0 Å². The van der Waals surface area contributed by atoms with Crippen molar-refractivity contribution < 1.29 is 13.9 Å². The number of nitrogens with two attached hydrogens (primary N) is 1. The number of anilines is 1. The lowest BCUT2D eigenvalue weighted by Gasteiger charge is -2.25. The molecule has 1 atom stereocenters. The Hall–Kier alpha value is -3.55. The van der Waals surface area contributed by atoms with Crippen molar-refractivity contribution in [1.82, 2.24) is 14.5 Å². The molecule has 1 amide bonds. The van der Waals surface area contributed by atoms with Gasteiger partial charge in [-0.15, -0.1) is 0 Å². The van der Waals surface area contributed by atoms with E-state index in [1.165, 1.54) is 0 Å². The smallest absolute Gasteiger partial charge is 0.240 e. The normalized spacial score (nSPS) is 18.5. The predicted molar refractivity (Wildman–Crippen MR) is 117 cm³/mol. The Labute approximate surface area is 178 Å². The number of benzene rings is 2. The van der Waals surface area contributed by atoms with Crippen LogP contribution < -0.4 is 15.4 Å². The van der Waals surface area contributed by atoms with E-state index in [-0.39, 0.29) is 11.9 Å². The molecule has 0 bridgehead atoms. The maximum absolute atomic E-state index is 11.9. The monoisotopic (exact) mass is 417 g/mol. The summed E-state index contributed by atoms with van der Waals surface area (Å²) >= 11 is 0. The average molecular weight is 417 g/mol. The molecule has 2 aliphatic rings. The number of fused-ring (bicyclic) bond motifs is 1. The molecule has 4 aromatic rings. The minimum Gasteiger partial charge on any atom is -0.491 e. The highest BCUT2D eigenvalue weighted by Crippen LogP contribution is 2.39. The number of aromatic nitrogens is 3. The SMILES string of the molecule is Cc1nc2cc(-c3nc4cc(N5CCCC5C(N)=O)cc5c4n3CCCO5)ccc2o1. The molecule has 1 saturated heterocycles. The van der Waals surface area contributed by atoms with Crippen molar-refractivity contribution in [2.75, 3.05) is 18.1 Å². The third-order valence-corrected chi connectivity index (χ3v) is 6.24. The molecule has 2 aromatic carbocycles. The summed E-state index contributed by atoms with van der Waals surface area (Å²) in [6.45, 7) is 4.11. The molecule has 0 aliphatic carbocycles. The molecule has 0 spiro atoms. The molecular weight excluding hydrogens is 394 g/mol. The highest BCUT2D eigenvalue weighted by molar-refractivity contribution is 5.92. The molecule has 2 N–H and O–H groups in total. The van der Waals surface area contributed by atoms with Crippen LogP contribution in [0.25, 0.3) is 33.5 Å². The fraction of sp³-hybridized carbons (Fsp3) is 0.348. The molecule has 4 heterocycles. The third kappa shape index (κ3) is 2.85. The topological polar surface area (TPSA) is 99.4 Å². The van der Waals surface area contributed by atoms with Crippen LogP contribution in [-0.4, -0.2) is 39.6 Å². The number of carbonyl (C=O) groups excluding carboxylic acids is 1. The van der Waals surface area contributed by atoms with Crippen molar-refractivity contribution in [3.05, 3.63) is 36.2 Å². The maximum atomic E-state index is 11.9. The van der Waals surface area contributed by atoms with Crippen LogP contribution in [0.2, 0.25) is 0 Å². The van der Waals surface area contributed by atoms with Crippen molar-refractivity contribution in [2.24, 2.45) is 5.73 Å². The molecule has 1 unspecified atom stereocenters. The van der Waals surface area contributed by atoms with Gasteiger partial charge in [-0.1, -0.05) is 0 Å². The zero-order valence-electron chi connectivity index (χ0n) is 17.3. The van der Waals surface area contributed by atoms with E-state index >= 15 is 0 Å². The first-order chi connectivity index (χ1) is 15.1. The second-order valence-electron chi connectivity index (χ2n) is 8.27. The second-order valence-corrected chi connectivity index (χ2v) is 8.27. The minimum atomic E-state index is -0.285. The largest absolute Gasteiger partial charge is 0.491 e. The number of nitrogens with zero attached hydrogens (tertiary/aromatic N) is 4. The van der Waals surface area contributed by atoms with E-state index in [9.17, 15) is 4.79 Å². The van der Waals surface area contributed by atoms with E-state index in [1.54, 1.807) is 0 Å². The van der Waals surface area contributed by atoms with Crippen molar-refractivity contribution in [2.45, 2.75) is 38.8 Å². The van der Waals surface area contributed by atoms with Gasteiger partial charge in [0.1, 0.15) is 28.6 Å². The molecule has 2 aromatic heterocycles. The van der Waals surface area contributed by atoms with Crippen LogP contribution in [0.1, 0.15) is 25.2 Å². The van der Waals surface area contributed by atoms with Crippen molar-refractivity contribution in [3.8, 4) is 17.1 Å². The Morgan fingerprint density at radius 1 is 1.13 bits per heavy atom. The number of amides is 1. The number of carbonyl (C=O) groups is 1. The van der Waals surface area contributed by atoms with E-state index in [1.807, 2.05) is 37.3 Å². The van der Waals surface area contributed by atoms with Gasteiger partial charge in [-0.25, -0.2) is 9.97 Å². The molecule has 0 radical (unpaired) electrons. The summed E-state index contributed by atoms with van der Waals surface area (Å²) in [6.07, 6.45) is 2.61. The Kier molecular flexibility index (Phi) is 3.96. The second kappa shape index (κ2) is 6.73. The summed E-state index contributed by atoms with van der Waals surface area (Å²) in [6, 6.07) is 9.78. The highest BCUT2D eigenvalue weighted by Gasteiger charge is 2.31. The van der Waals surface area contributed by atoms with Crippen LogP contribution in [-0.2, 0) is 11.3 Å². The third-order valence-electron chi connectivity index (χ3n) is 6.24. The standard InChI is InChI=1S/C23H23N5O3/c1-13-25-16-10-14(5-6-19(16)31-13)23-26-17-11-15(27-7-2-4-18(27)22(24)29)12-20-21(17)28(23)8-3-9-30-20/h5-6,10-12,18H,2-4,7-9H2,1H3,(H2,24,29). The first kappa shape index (κ1) is 18.2. The number of primary amides is 1. The first-order valence-electron chi connectivity index (χ1n) is 10.7. The van der Waals surface area contributed by atoms with Gasteiger partial charge in [-0.05, 0) is 43.5 Å². The summed E-state index contributed by atoms with van der Waals surface area (Å²) in [5, 5.41) is 0. The molecule has 6 rings (SSSR count). The number of ether oxygens (including phenoxy) is 1. The molecule has 0 saturated carbocycles. The zero-order valence-corrected chi connectivity index (χ0v) is 17.3. The lowest BCUT2D eigenvalue weighted by molar-refractivity contribution is -0.119. The molecular formula is C23H23N5O3. The fourth-order valence-corrected chi connectivity index (χ4v) is 4.89. The molecule has 31 heavy (non-hydrogen) atoms. The summed E-state index contributed by atoms with van der Waals surface area (Å²) < 4.78 is 14.0. The summed E-state index contributed by atoms with van der Waals surface area (Å²) in [5.41, 5.74) is 11.0. The number of hydrogen-bond donors (Lipinski definition) is 1. The Morgan fingerprint density at radius 3 is 2.90 bits per heavy atom. The predicted octanol–water partition coefficient (Wildman–Crippen LogP) is 3.39. The lowest BCUT2D eigenvalue weighted by Crippen LogP contribution is -2.40. The first-order valence-corrected chi connectivity index (χ1v) is 10.7. The van der Waals surface area contributed by atoms with E-state index < -0.39 is 0 Å². The average Bonchev–Trinajstić information content (AvgIpc) is 3.42. The van der Waals surface area contributed by atoms with Crippen LogP contribution in [0.15, 0.2) is 34.7 Å². The van der Waals surface area contributed by atoms with Crippen LogP contribution in [0, 0.1) is 6.92 Å². The quantitative estimate of drug-likeness (QED) is 0.549. The Morgan fingerprint density at radius 2 is 2.03 bits per heavy atom. The van der Waals surface area contributed by atoms with Crippen LogP contribution in [0.5, 0.6) is 5.75 Å². The van der Waals surface area contributed by atoms with Gasteiger partial charge >= 0.3 is 0 Å². The highest BCUT2D eigenvalue weighted by atomic mass is 16.5. The van der Waals surface area contributed by atoms with Gasteiger partial charge in [0.2, 0.25) is 5.91 Å². The molecule has 2 aliphatic heterocycles. The van der Waals surface area contributed by atoms with Crippen LogP contribution in [0.4, 0.5) is 5.69 Å². The van der Waals surface area contributed by atoms with Crippen molar-refractivity contribution in [1.29, 1.82) is 0 Å². The summed E-state index contributed by atoms with van der Waals surface area (Å²) in [7, 11) is 0. The molecule has 158 valence electrons. The van der Waals surface area contributed by atoms with Gasteiger partial charge in [0.05, 0.1) is 12.1 Å². The minimum absolute atomic E-state index is 0.283. The number of oxazole rings is 1. The summed E-state index contributed by atoms with van der Waals surface area (Å²) in [4.78, 5) is 23.5. The van der Waals surface area contributed by atoms with E-state index in [0.29, 0.717) is 12.5 Å². The van der Waals surface area contributed by atoms with Gasteiger partial charge in [-0.2, -0.15) is 0 Å². The molecule has 1 fully saturated rings. The number of aryl methyl sites for hydroxylation is 2. The van der Waals surface area contributed by atoms with E-state index in [0.717, 1.165) is 77.3 Å². The number of hydrogen-bond acceptors (Lipinski definition) is 6. The van der Waals surface area contributed by atoms with E-state index in [4.69, 9.17) is 19.9 Å². The van der Waals surface area contributed by atoms with E-state index in [2.05, 4.69) is 14.5 Å². The molecule has 8 nitrogen and oxygen atoms in total. The number of rotatable bonds is 3. The van der Waals surface area contributed by atoms with Crippen molar-refractivity contribution >= 4 is 33.7 Å². The van der Waals surface area contributed by atoms with Gasteiger partial charge < -0.3 is 24.4 Å². The van der Waals surface area contributed by atoms with Gasteiger partial charge in [0.25, 0.3) is 0 Å². The lowest BCUT2D eigenvalue weighted by atomic mass is 10.2. The Balaban J connectivity index is 1.53. The van der Waals surface area contributed by atoms with Crippen LogP contribution in [0.3, 0.4) is 0 Å². The summed E-state index contributed by atoms with van der Waals surface area (Å²) in [5.74, 6) is 2.05. The van der Waals surface area contributed by atoms with Crippen molar-refractivity contribution in [3.63, 3.8) is 0 Å². The number of imidazole rings is 1.